The molecule has 0 bridgehead atoms. The van der Waals surface area contributed by atoms with Gasteiger partial charge in [0, 0.05) is 25.6 Å². The molecular weight excluding hydrogens is 244 g/mol. The molecular formula is C14H18N2O3. The lowest BCUT2D eigenvalue weighted by atomic mass is 10.1. The van der Waals surface area contributed by atoms with Crippen molar-refractivity contribution in [2.75, 3.05) is 6.54 Å². The zero-order valence-electron chi connectivity index (χ0n) is 10.7. The van der Waals surface area contributed by atoms with Crippen LogP contribution in [0.4, 0.5) is 0 Å². The van der Waals surface area contributed by atoms with Gasteiger partial charge in [-0.2, -0.15) is 0 Å². The Morgan fingerprint density at radius 3 is 2.79 bits per heavy atom. The van der Waals surface area contributed by atoms with Gasteiger partial charge >= 0.3 is 5.97 Å². The van der Waals surface area contributed by atoms with Crippen molar-refractivity contribution in [1.82, 2.24) is 10.6 Å². The van der Waals surface area contributed by atoms with E-state index in [1.165, 1.54) is 18.9 Å². The Hall–Kier alpha value is -1.88. The molecule has 1 saturated carbocycles. The zero-order chi connectivity index (χ0) is 13.7. The predicted octanol–water partition coefficient (Wildman–Crippen LogP) is 1.14. The van der Waals surface area contributed by atoms with Gasteiger partial charge in [-0.1, -0.05) is 12.1 Å². The topological polar surface area (TPSA) is 78.4 Å². The van der Waals surface area contributed by atoms with Gasteiger partial charge < -0.3 is 15.7 Å². The first-order chi connectivity index (χ1) is 9.15. The Morgan fingerprint density at radius 1 is 1.32 bits per heavy atom. The number of hydrogen-bond acceptors (Lipinski definition) is 3. The average molecular weight is 262 g/mol. The lowest BCUT2D eigenvalue weighted by molar-refractivity contribution is -0.121. The first-order valence-corrected chi connectivity index (χ1v) is 6.47. The Labute approximate surface area is 112 Å². The highest BCUT2D eigenvalue weighted by atomic mass is 16.4. The van der Waals surface area contributed by atoms with Gasteiger partial charge in [0.25, 0.3) is 0 Å². The molecule has 0 saturated heterocycles. The van der Waals surface area contributed by atoms with Crippen molar-refractivity contribution in [3.8, 4) is 0 Å². The summed E-state index contributed by atoms with van der Waals surface area (Å²) in [5, 5.41) is 14.9. The van der Waals surface area contributed by atoms with Crippen molar-refractivity contribution in [2.24, 2.45) is 0 Å². The van der Waals surface area contributed by atoms with Gasteiger partial charge in [0.15, 0.2) is 0 Å². The molecule has 1 aliphatic carbocycles. The number of carboxylic acids is 1. The standard InChI is InChI=1S/C14H18N2O3/c17-13(6-7-15-12-4-5-12)16-9-10-2-1-3-11(8-10)14(18)19/h1-3,8,12,15H,4-7,9H2,(H,16,17)(H,18,19). The Balaban J connectivity index is 1.72. The Bertz CT molecular complexity index is 470. The molecule has 0 atom stereocenters. The molecule has 1 aromatic carbocycles. The van der Waals surface area contributed by atoms with Crippen LogP contribution in [-0.4, -0.2) is 29.6 Å². The van der Waals surface area contributed by atoms with E-state index >= 15 is 0 Å². The van der Waals surface area contributed by atoms with Crippen LogP contribution in [0.3, 0.4) is 0 Å². The average Bonchev–Trinajstić information content (AvgIpc) is 3.21. The largest absolute Gasteiger partial charge is 0.478 e. The highest BCUT2D eigenvalue weighted by Gasteiger charge is 2.19. The number of hydrogen-bond donors (Lipinski definition) is 3. The fourth-order valence-corrected chi connectivity index (χ4v) is 1.78. The molecule has 0 aromatic heterocycles. The molecule has 3 N–H and O–H groups in total. The van der Waals surface area contributed by atoms with Crippen LogP contribution in [0.2, 0.25) is 0 Å². The summed E-state index contributed by atoms with van der Waals surface area (Å²) < 4.78 is 0. The quantitative estimate of drug-likeness (QED) is 0.688. The van der Waals surface area contributed by atoms with Gasteiger partial charge in [-0.3, -0.25) is 4.79 Å². The molecule has 0 unspecified atom stereocenters. The predicted molar refractivity (Wildman–Crippen MR) is 70.9 cm³/mol. The summed E-state index contributed by atoms with van der Waals surface area (Å²) in [6.07, 6.45) is 2.88. The van der Waals surface area contributed by atoms with Crippen LogP contribution in [0.1, 0.15) is 35.2 Å². The maximum atomic E-state index is 11.6. The van der Waals surface area contributed by atoms with Crippen LogP contribution in [0.25, 0.3) is 0 Å². The van der Waals surface area contributed by atoms with Crippen LogP contribution in [0.15, 0.2) is 24.3 Å². The monoisotopic (exact) mass is 262 g/mol. The van der Waals surface area contributed by atoms with Gasteiger partial charge in [-0.25, -0.2) is 4.79 Å². The summed E-state index contributed by atoms with van der Waals surface area (Å²) in [5.41, 5.74) is 1.03. The molecule has 5 heteroatoms. The second kappa shape index (κ2) is 6.33. The second-order valence-corrected chi connectivity index (χ2v) is 4.76. The number of carbonyl (C=O) groups excluding carboxylic acids is 1. The first-order valence-electron chi connectivity index (χ1n) is 6.47. The van der Waals surface area contributed by atoms with E-state index in [9.17, 15) is 9.59 Å². The minimum atomic E-state index is -0.957. The van der Waals surface area contributed by atoms with Crippen molar-refractivity contribution < 1.29 is 14.7 Å². The normalized spacial score (nSPS) is 14.1. The van der Waals surface area contributed by atoms with E-state index in [1.807, 2.05) is 0 Å². The number of benzene rings is 1. The van der Waals surface area contributed by atoms with Crippen molar-refractivity contribution in [3.05, 3.63) is 35.4 Å². The maximum Gasteiger partial charge on any atom is 0.335 e. The van der Waals surface area contributed by atoms with Crippen LogP contribution >= 0.6 is 0 Å². The lowest BCUT2D eigenvalue weighted by Gasteiger charge is -2.06. The minimum absolute atomic E-state index is 0.0196. The van der Waals surface area contributed by atoms with Crippen LogP contribution in [-0.2, 0) is 11.3 Å². The summed E-state index contributed by atoms with van der Waals surface area (Å²) in [5.74, 6) is -0.976. The molecule has 19 heavy (non-hydrogen) atoms. The summed E-state index contributed by atoms with van der Waals surface area (Å²) in [4.78, 5) is 22.4. The summed E-state index contributed by atoms with van der Waals surface area (Å²) in [6, 6.07) is 7.20. The summed E-state index contributed by atoms with van der Waals surface area (Å²) >= 11 is 0. The fraction of sp³-hybridized carbons (Fsp3) is 0.429. The number of amides is 1. The molecule has 0 heterocycles. The van der Waals surface area contributed by atoms with E-state index in [1.54, 1.807) is 18.2 Å². The molecule has 0 spiro atoms. The molecule has 1 aromatic rings. The zero-order valence-corrected chi connectivity index (χ0v) is 10.7. The van der Waals surface area contributed by atoms with Crippen molar-refractivity contribution in [1.29, 1.82) is 0 Å². The smallest absolute Gasteiger partial charge is 0.335 e. The first kappa shape index (κ1) is 13.5. The number of nitrogens with one attached hydrogen (secondary N) is 2. The number of aromatic carboxylic acids is 1. The van der Waals surface area contributed by atoms with E-state index in [0.29, 0.717) is 25.6 Å². The van der Waals surface area contributed by atoms with Gasteiger partial charge in [-0.15, -0.1) is 0 Å². The molecule has 0 radical (unpaired) electrons. The maximum absolute atomic E-state index is 11.6. The van der Waals surface area contributed by atoms with E-state index in [-0.39, 0.29) is 11.5 Å². The number of rotatable bonds is 7. The van der Waals surface area contributed by atoms with Crippen LogP contribution in [0, 0.1) is 0 Å². The molecule has 2 rings (SSSR count). The third-order valence-electron chi connectivity index (χ3n) is 3.03. The van der Waals surface area contributed by atoms with Crippen molar-refractivity contribution in [2.45, 2.75) is 31.8 Å². The second-order valence-electron chi connectivity index (χ2n) is 4.76. The molecule has 1 fully saturated rings. The van der Waals surface area contributed by atoms with E-state index < -0.39 is 5.97 Å². The van der Waals surface area contributed by atoms with E-state index in [4.69, 9.17) is 5.11 Å². The Kier molecular flexibility index (Phi) is 4.52. The lowest BCUT2D eigenvalue weighted by Crippen LogP contribution is -2.28. The summed E-state index contributed by atoms with van der Waals surface area (Å²) in [6.45, 7) is 1.06. The third kappa shape index (κ3) is 4.71. The van der Waals surface area contributed by atoms with Gasteiger partial charge in [-0.05, 0) is 30.5 Å². The highest BCUT2D eigenvalue weighted by Crippen LogP contribution is 2.18. The van der Waals surface area contributed by atoms with Crippen molar-refractivity contribution >= 4 is 11.9 Å². The minimum Gasteiger partial charge on any atom is -0.478 e. The van der Waals surface area contributed by atoms with E-state index in [2.05, 4.69) is 10.6 Å². The third-order valence-corrected chi connectivity index (χ3v) is 3.03. The fourth-order valence-electron chi connectivity index (χ4n) is 1.78. The van der Waals surface area contributed by atoms with Gasteiger partial charge in [0.1, 0.15) is 0 Å². The molecule has 0 aliphatic heterocycles. The molecule has 1 amide bonds. The molecule has 1 aliphatic rings. The van der Waals surface area contributed by atoms with E-state index in [0.717, 1.165) is 5.56 Å². The SMILES string of the molecule is O=C(CCNC1CC1)NCc1cccc(C(=O)O)c1. The number of carbonyl (C=O) groups is 2. The van der Waals surface area contributed by atoms with Crippen LogP contribution < -0.4 is 10.6 Å². The van der Waals surface area contributed by atoms with Crippen molar-refractivity contribution in [3.63, 3.8) is 0 Å². The number of carboxylic acid groups (broad SMARTS) is 1. The van der Waals surface area contributed by atoms with Gasteiger partial charge in [0.2, 0.25) is 5.91 Å². The van der Waals surface area contributed by atoms with Gasteiger partial charge in [0.05, 0.1) is 5.56 Å². The highest BCUT2D eigenvalue weighted by molar-refractivity contribution is 5.87. The van der Waals surface area contributed by atoms with Crippen LogP contribution in [0.5, 0.6) is 0 Å². The molecule has 5 nitrogen and oxygen atoms in total. The summed E-state index contributed by atoms with van der Waals surface area (Å²) in [7, 11) is 0. The Morgan fingerprint density at radius 2 is 2.11 bits per heavy atom. The molecule has 102 valence electrons.